The van der Waals surface area contributed by atoms with Gasteiger partial charge in [-0.15, -0.1) is 0 Å². The Morgan fingerprint density at radius 1 is 1.12 bits per heavy atom. The van der Waals surface area contributed by atoms with Crippen molar-refractivity contribution in [1.29, 1.82) is 0 Å². The second kappa shape index (κ2) is 5.02. The van der Waals surface area contributed by atoms with Gasteiger partial charge in [-0.25, -0.2) is 0 Å². The number of aldehydes is 1. The third kappa shape index (κ3) is 2.32. The maximum absolute atomic E-state index is 10.9. The van der Waals surface area contributed by atoms with E-state index in [1.54, 1.807) is 13.2 Å². The van der Waals surface area contributed by atoms with Crippen LogP contribution in [-0.2, 0) is 0 Å². The van der Waals surface area contributed by atoms with Crippen molar-refractivity contribution in [2.75, 3.05) is 7.11 Å². The summed E-state index contributed by atoms with van der Waals surface area (Å²) in [6, 6.07) is 12.9. The number of ether oxygens (including phenoxy) is 1. The van der Waals surface area contributed by atoms with Gasteiger partial charge in [0.1, 0.15) is 5.75 Å². The van der Waals surface area contributed by atoms with Crippen LogP contribution in [-0.4, -0.2) is 13.4 Å². The van der Waals surface area contributed by atoms with Crippen molar-refractivity contribution in [2.24, 2.45) is 0 Å². The van der Waals surface area contributed by atoms with Gasteiger partial charge in [0.25, 0.3) is 0 Å². The topological polar surface area (TPSA) is 26.3 Å². The lowest BCUT2D eigenvalue weighted by molar-refractivity contribution is 0.112. The lowest BCUT2D eigenvalue weighted by Crippen LogP contribution is -1.93. The molecule has 0 N–H and O–H groups in total. The predicted molar refractivity (Wildman–Crippen MR) is 68.8 cm³/mol. The van der Waals surface area contributed by atoms with Gasteiger partial charge in [-0.3, -0.25) is 4.79 Å². The van der Waals surface area contributed by atoms with Crippen LogP contribution in [0.3, 0.4) is 0 Å². The molecule has 0 heterocycles. The first-order chi connectivity index (χ1) is 8.26. The second-order valence-electron chi connectivity index (χ2n) is 3.55. The highest BCUT2D eigenvalue weighted by Crippen LogP contribution is 2.32. The molecular weight excluding hydrogens is 236 g/mol. The molecule has 0 saturated heterocycles. The fourth-order valence-electron chi connectivity index (χ4n) is 1.73. The molecule has 2 rings (SSSR count). The van der Waals surface area contributed by atoms with Crippen molar-refractivity contribution in [1.82, 2.24) is 0 Å². The molecule has 0 aliphatic heterocycles. The maximum atomic E-state index is 10.9. The predicted octanol–water partition coefficient (Wildman–Crippen LogP) is 3.83. The maximum Gasteiger partial charge on any atom is 0.153 e. The monoisotopic (exact) mass is 246 g/mol. The smallest absolute Gasteiger partial charge is 0.153 e. The standard InChI is InChI=1S/C14H11ClO2/c1-17-14-11(9-16)3-2-4-13(14)10-5-7-12(15)8-6-10/h2-9H,1H3. The van der Waals surface area contributed by atoms with E-state index < -0.39 is 0 Å². The van der Waals surface area contributed by atoms with Crippen LogP contribution >= 0.6 is 11.6 Å². The Bertz CT molecular complexity index is 532. The van der Waals surface area contributed by atoms with Crippen LogP contribution in [0.5, 0.6) is 5.75 Å². The molecular formula is C14H11ClO2. The van der Waals surface area contributed by atoms with Crippen LogP contribution in [0.15, 0.2) is 42.5 Å². The van der Waals surface area contributed by atoms with Gasteiger partial charge in [-0.2, -0.15) is 0 Å². The van der Waals surface area contributed by atoms with Crippen LogP contribution < -0.4 is 4.74 Å². The largest absolute Gasteiger partial charge is 0.495 e. The molecule has 0 atom stereocenters. The Kier molecular flexibility index (Phi) is 3.45. The van der Waals surface area contributed by atoms with Crippen molar-refractivity contribution in [3.05, 3.63) is 53.1 Å². The minimum atomic E-state index is 0.542. The fraction of sp³-hybridized carbons (Fsp3) is 0.0714. The molecule has 2 nitrogen and oxygen atoms in total. The molecule has 0 amide bonds. The van der Waals surface area contributed by atoms with Crippen LogP contribution in [0.2, 0.25) is 5.02 Å². The molecule has 3 heteroatoms. The molecule has 0 aromatic heterocycles. The average molecular weight is 247 g/mol. The van der Waals surface area contributed by atoms with E-state index in [2.05, 4.69) is 0 Å². The van der Waals surface area contributed by atoms with Gasteiger partial charge in [0.15, 0.2) is 6.29 Å². The number of carbonyl (C=O) groups is 1. The number of methoxy groups -OCH3 is 1. The molecule has 0 saturated carbocycles. The summed E-state index contributed by atoms with van der Waals surface area (Å²) >= 11 is 5.84. The number of hydrogen-bond donors (Lipinski definition) is 0. The van der Waals surface area contributed by atoms with Gasteiger partial charge in [-0.05, 0) is 23.8 Å². The molecule has 0 fully saturated rings. The van der Waals surface area contributed by atoms with Crippen molar-refractivity contribution in [3.63, 3.8) is 0 Å². The molecule has 0 aliphatic rings. The third-order valence-corrected chi connectivity index (χ3v) is 2.78. The van der Waals surface area contributed by atoms with Gasteiger partial charge in [0.05, 0.1) is 12.7 Å². The first kappa shape index (κ1) is 11.7. The number of carbonyl (C=O) groups excluding carboxylic acids is 1. The molecule has 0 spiro atoms. The summed E-state index contributed by atoms with van der Waals surface area (Å²) in [7, 11) is 1.56. The lowest BCUT2D eigenvalue weighted by atomic mass is 10.0. The number of hydrogen-bond acceptors (Lipinski definition) is 2. The highest BCUT2D eigenvalue weighted by molar-refractivity contribution is 6.30. The highest BCUT2D eigenvalue weighted by Gasteiger charge is 2.09. The van der Waals surface area contributed by atoms with Crippen LogP contribution in [0, 0.1) is 0 Å². The Hall–Kier alpha value is -1.80. The Balaban J connectivity index is 2.58. The molecule has 86 valence electrons. The second-order valence-corrected chi connectivity index (χ2v) is 3.99. The first-order valence-corrected chi connectivity index (χ1v) is 5.52. The molecule has 17 heavy (non-hydrogen) atoms. The van der Waals surface area contributed by atoms with Crippen molar-refractivity contribution in [2.45, 2.75) is 0 Å². The van der Waals surface area contributed by atoms with Gasteiger partial charge >= 0.3 is 0 Å². The van der Waals surface area contributed by atoms with Gasteiger partial charge in [0.2, 0.25) is 0 Å². The first-order valence-electron chi connectivity index (χ1n) is 5.14. The number of rotatable bonds is 3. The summed E-state index contributed by atoms with van der Waals surface area (Å²) in [6.07, 6.45) is 0.790. The van der Waals surface area contributed by atoms with Crippen LogP contribution in [0.1, 0.15) is 10.4 Å². The van der Waals surface area contributed by atoms with E-state index in [4.69, 9.17) is 16.3 Å². The van der Waals surface area contributed by atoms with E-state index >= 15 is 0 Å². The van der Waals surface area contributed by atoms with Crippen LogP contribution in [0.25, 0.3) is 11.1 Å². The van der Waals surface area contributed by atoms with E-state index in [1.807, 2.05) is 36.4 Å². The van der Waals surface area contributed by atoms with E-state index in [0.29, 0.717) is 16.3 Å². The SMILES string of the molecule is COc1c(C=O)cccc1-c1ccc(Cl)cc1. The minimum Gasteiger partial charge on any atom is -0.495 e. The van der Waals surface area contributed by atoms with Gasteiger partial charge in [-0.1, -0.05) is 35.9 Å². The summed E-state index contributed by atoms with van der Waals surface area (Å²) in [5.41, 5.74) is 2.39. The van der Waals surface area contributed by atoms with E-state index in [1.165, 1.54) is 0 Å². The molecule has 0 bridgehead atoms. The molecule has 0 unspecified atom stereocenters. The minimum absolute atomic E-state index is 0.542. The Labute approximate surface area is 105 Å². The molecule has 2 aromatic carbocycles. The van der Waals surface area contributed by atoms with E-state index in [0.717, 1.165) is 17.4 Å². The average Bonchev–Trinajstić information content (AvgIpc) is 2.38. The molecule has 2 aromatic rings. The van der Waals surface area contributed by atoms with Crippen molar-refractivity contribution < 1.29 is 9.53 Å². The summed E-state index contributed by atoms with van der Waals surface area (Å²) in [5, 5.41) is 0.680. The van der Waals surface area contributed by atoms with E-state index in [-0.39, 0.29) is 0 Å². The van der Waals surface area contributed by atoms with Crippen molar-refractivity contribution in [3.8, 4) is 16.9 Å². The van der Waals surface area contributed by atoms with Crippen LogP contribution in [0.4, 0.5) is 0 Å². The molecule has 0 radical (unpaired) electrons. The number of halogens is 1. The Morgan fingerprint density at radius 3 is 2.41 bits per heavy atom. The van der Waals surface area contributed by atoms with Gasteiger partial charge in [0, 0.05) is 10.6 Å². The third-order valence-electron chi connectivity index (χ3n) is 2.53. The number of benzene rings is 2. The zero-order valence-electron chi connectivity index (χ0n) is 9.31. The number of para-hydroxylation sites is 1. The Morgan fingerprint density at radius 2 is 1.82 bits per heavy atom. The summed E-state index contributed by atoms with van der Waals surface area (Å²) in [4.78, 5) is 10.9. The van der Waals surface area contributed by atoms with Crippen molar-refractivity contribution >= 4 is 17.9 Å². The highest BCUT2D eigenvalue weighted by atomic mass is 35.5. The fourth-order valence-corrected chi connectivity index (χ4v) is 1.86. The quantitative estimate of drug-likeness (QED) is 0.770. The lowest BCUT2D eigenvalue weighted by Gasteiger charge is -2.10. The zero-order chi connectivity index (χ0) is 12.3. The summed E-state index contributed by atoms with van der Waals surface area (Å²) in [6.45, 7) is 0. The van der Waals surface area contributed by atoms with E-state index in [9.17, 15) is 4.79 Å². The zero-order valence-corrected chi connectivity index (χ0v) is 10.1. The summed E-state index contributed by atoms with van der Waals surface area (Å²) in [5.74, 6) is 0.588. The van der Waals surface area contributed by atoms with Gasteiger partial charge < -0.3 is 4.74 Å². The normalized spacial score (nSPS) is 10.0. The summed E-state index contributed by atoms with van der Waals surface area (Å²) < 4.78 is 5.29. The molecule has 0 aliphatic carbocycles.